The number of aliphatic hydroxyl groups is 5. The number of hydrogen-bond acceptors (Lipinski definition) is 13. The van der Waals surface area contributed by atoms with Crippen molar-refractivity contribution in [3.63, 3.8) is 0 Å². The van der Waals surface area contributed by atoms with Crippen molar-refractivity contribution >= 4 is 22.3 Å². The Morgan fingerprint density at radius 3 is 2.13 bits per heavy atom. The van der Waals surface area contributed by atoms with Crippen molar-refractivity contribution in [2.24, 2.45) is 0 Å². The molecule has 2 heterocycles. The molecule has 0 aromatic heterocycles. The van der Waals surface area contributed by atoms with Gasteiger partial charge in [-0.2, -0.15) is 8.42 Å². The van der Waals surface area contributed by atoms with Gasteiger partial charge in [0.15, 0.2) is 18.7 Å². The highest BCUT2D eigenvalue weighted by Gasteiger charge is 2.54. The van der Waals surface area contributed by atoms with Gasteiger partial charge in [-0.3, -0.25) is 9.35 Å². The number of ether oxygens (including phenoxy) is 3. The van der Waals surface area contributed by atoms with Gasteiger partial charge in [-0.05, 0) is 0 Å². The molecule has 0 aromatic rings. The highest BCUT2D eigenvalue weighted by Crippen LogP contribution is 2.30. The molecule has 8 N–H and O–H groups in total. The van der Waals surface area contributed by atoms with Crippen LogP contribution in [0.4, 0.5) is 0 Å². The second-order valence-electron chi connectivity index (χ2n) is 6.80. The third-order valence-electron chi connectivity index (χ3n) is 4.55. The maximum absolute atomic E-state index is 11.3. The zero-order chi connectivity index (χ0) is 23.7. The lowest BCUT2D eigenvalue weighted by Crippen LogP contribution is -2.67. The summed E-state index contributed by atoms with van der Waals surface area (Å²) in [5.41, 5.74) is 0. The molecular weight excluding hydrogens is 454 g/mol. The zero-order valence-electron chi connectivity index (χ0n) is 15.8. The van der Waals surface area contributed by atoms with E-state index >= 15 is 0 Å². The third-order valence-corrected chi connectivity index (χ3v) is 5.02. The molecule has 0 aromatic carbocycles. The number of carboxylic acid groups (broad SMARTS) is 1. The van der Waals surface area contributed by atoms with Crippen molar-refractivity contribution in [2.75, 3.05) is 6.61 Å². The predicted molar refractivity (Wildman–Crippen MR) is 91.2 cm³/mol. The monoisotopic (exact) mass is 477 g/mol. The second-order valence-corrected chi connectivity index (χ2v) is 7.85. The Hall–Kier alpha value is -1.51. The number of carbonyl (C=O) groups is 2. The van der Waals surface area contributed by atoms with Gasteiger partial charge in [-0.25, -0.2) is 8.98 Å². The van der Waals surface area contributed by atoms with Gasteiger partial charge in [0, 0.05) is 6.92 Å². The zero-order valence-corrected chi connectivity index (χ0v) is 16.6. The number of nitrogens with one attached hydrogen (secondary N) is 1. The highest BCUT2D eigenvalue weighted by molar-refractivity contribution is 7.80. The van der Waals surface area contributed by atoms with Crippen LogP contribution in [0.15, 0.2) is 0 Å². The Balaban J connectivity index is 2.31. The average molecular weight is 477 g/mol. The van der Waals surface area contributed by atoms with E-state index in [1.807, 2.05) is 0 Å². The summed E-state index contributed by atoms with van der Waals surface area (Å²) >= 11 is 0. The van der Waals surface area contributed by atoms with Crippen LogP contribution in [0.25, 0.3) is 0 Å². The molecule has 0 saturated carbocycles. The van der Waals surface area contributed by atoms with Crippen molar-refractivity contribution in [1.29, 1.82) is 0 Å². The summed E-state index contributed by atoms with van der Waals surface area (Å²) in [5, 5.41) is 61.5. The van der Waals surface area contributed by atoms with Crippen LogP contribution in [0.1, 0.15) is 6.92 Å². The first kappa shape index (κ1) is 25.7. The molecule has 2 saturated heterocycles. The standard InChI is InChI=1S/C14H23NO15S/c1-3(17)15-5-6(18)9(4(2-16)27-13(5)23)28-14-8(20)10(30-31(24,25)26)7(19)11(29-14)12(21)22/h4-11,13-14,16,18-20,23H,2H2,1H3,(H,15,17)(H,21,22)(H,24,25,26)/t4-,5-,6-,7+,8-,9+,10+,11+,13?,14-/m1/s1. The minimum absolute atomic E-state index is 0.683. The van der Waals surface area contributed by atoms with Crippen LogP contribution in [-0.4, -0.2) is 123 Å². The molecule has 2 fully saturated rings. The van der Waals surface area contributed by atoms with Crippen LogP contribution in [0.3, 0.4) is 0 Å². The summed E-state index contributed by atoms with van der Waals surface area (Å²) in [6.07, 6.45) is -17.8. The number of rotatable bonds is 7. The van der Waals surface area contributed by atoms with E-state index in [1.165, 1.54) is 0 Å². The molecule has 0 spiro atoms. The number of carbonyl (C=O) groups excluding carboxylic acids is 1. The van der Waals surface area contributed by atoms with Crippen LogP contribution in [-0.2, 0) is 38.4 Å². The summed E-state index contributed by atoms with van der Waals surface area (Å²) in [5.74, 6) is -2.50. The summed E-state index contributed by atoms with van der Waals surface area (Å²) < 4.78 is 50.3. The van der Waals surface area contributed by atoms with Crippen molar-refractivity contribution in [2.45, 2.75) is 68.3 Å². The minimum atomic E-state index is -5.27. The first-order valence-electron chi connectivity index (χ1n) is 8.72. The van der Waals surface area contributed by atoms with Crippen LogP contribution in [0.5, 0.6) is 0 Å². The van der Waals surface area contributed by atoms with E-state index in [-0.39, 0.29) is 0 Å². The lowest BCUT2D eigenvalue weighted by Gasteiger charge is -2.46. The number of aliphatic carboxylic acids is 1. The Morgan fingerprint density at radius 2 is 1.65 bits per heavy atom. The molecule has 2 aliphatic rings. The number of carboxylic acids is 1. The predicted octanol–water partition coefficient (Wildman–Crippen LogP) is -5.33. The Labute approximate surface area is 174 Å². The molecular formula is C14H23NO15S. The number of amides is 1. The van der Waals surface area contributed by atoms with E-state index in [1.54, 1.807) is 0 Å². The summed E-state index contributed by atoms with van der Waals surface area (Å²) in [7, 11) is -5.27. The minimum Gasteiger partial charge on any atom is -0.479 e. The van der Waals surface area contributed by atoms with Crippen molar-refractivity contribution in [3.8, 4) is 0 Å². The molecule has 17 heteroatoms. The molecule has 10 atom stereocenters. The smallest absolute Gasteiger partial charge is 0.397 e. The topological polar surface area (TPSA) is 259 Å². The van der Waals surface area contributed by atoms with E-state index in [4.69, 9.17) is 18.8 Å². The molecule has 0 radical (unpaired) electrons. The lowest BCUT2D eigenvalue weighted by atomic mass is 9.95. The first-order chi connectivity index (χ1) is 14.3. The lowest BCUT2D eigenvalue weighted by molar-refractivity contribution is -0.338. The maximum Gasteiger partial charge on any atom is 0.397 e. The van der Waals surface area contributed by atoms with Crippen molar-refractivity contribution in [1.82, 2.24) is 5.32 Å². The molecule has 0 aliphatic carbocycles. The Bertz CT molecular complexity index is 761. The van der Waals surface area contributed by atoms with Gasteiger partial charge in [0.2, 0.25) is 5.91 Å². The molecule has 180 valence electrons. The van der Waals surface area contributed by atoms with Gasteiger partial charge in [0.1, 0.15) is 42.7 Å². The third kappa shape index (κ3) is 6.05. The van der Waals surface area contributed by atoms with Gasteiger partial charge < -0.3 is 50.2 Å². The summed E-state index contributed by atoms with van der Waals surface area (Å²) in [6, 6.07) is -1.48. The van der Waals surface area contributed by atoms with Gasteiger partial charge >= 0.3 is 16.4 Å². The van der Waals surface area contributed by atoms with E-state index in [9.17, 15) is 48.6 Å². The second kappa shape index (κ2) is 9.96. The SMILES string of the molecule is CC(=O)N[C@H]1C(O)O[C@H](CO)[C@H](O[C@@H]2O[C@H](C(=O)O)[C@@H](O)[C@H](OS(=O)(=O)O)[C@H]2O)[C@@H]1O. The fourth-order valence-corrected chi connectivity index (χ4v) is 3.71. The molecule has 2 rings (SSSR count). The Kier molecular flexibility index (Phi) is 8.27. The fraction of sp³-hybridized carbons (Fsp3) is 0.857. The van der Waals surface area contributed by atoms with Gasteiger partial charge in [-0.15, -0.1) is 0 Å². The largest absolute Gasteiger partial charge is 0.479 e. The van der Waals surface area contributed by atoms with E-state index < -0.39 is 90.2 Å². The quantitative estimate of drug-likeness (QED) is 0.159. The molecule has 1 unspecified atom stereocenters. The van der Waals surface area contributed by atoms with Crippen molar-refractivity contribution < 1.29 is 71.6 Å². The van der Waals surface area contributed by atoms with Crippen LogP contribution >= 0.6 is 0 Å². The fourth-order valence-electron chi connectivity index (χ4n) is 3.20. The van der Waals surface area contributed by atoms with Gasteiger partial charge in [0.25, 0.3) is 0 Å². The first-order valence-corrected chi connectivity index (χ1v) is 10.1. The van der Waals surface area contributed by atoms with E-state index in [2.05, 4.69) is 9.50 Å². The van der Waals surface area contributed by atoms with E-state index in [0.717, 1.165) is 6.92 Å². The molecule has 2 aliphatic heterocycles. The van der Waals surface area contributed by atoms with Gasteiger partial charge in [-0.1, -0.05) is 0 Å². The molecule has 1 amide bonds. The molecule has 16 nitrogen and oxygen atoms in total. The van der Waals surface area contributed by atoms with Crippen LogP contribution in [0.2, 0.25) is 0 Å². The van der Waals surface area contributed by atoms with Gasteiger partial charge in [0.05, 0.1) is 6.61 Å². The summed E-state index contributed by atoms with van der Waals surface area (Å²) in [6.45, 7) is 0.210. The van der Waals surface area contributed by atoms with Crippen LogP contribution < -0.4 is 5.32 Å². The van der Waals surface area contributed by atoms with Crippen molar-refractivity contribution in [3.05, 3.63) is 0 Å². The highest BCUT2D eigenvalue weighted by atomic mass is 32.3. The molecule has 0 bridgehead atoms. The number of aliphatic hydroxyl groups excluding tert-OH is 5. The van der Waals surface area contributed by atoms with Crippen LogP contribution in [0, 0.1) is 0 Å². The Morgan fingerprint density at radius 1 is 1.03 bits per heavy atom. The maximum atomic E-state index is 11.3. The molecule has 31 heavy (non-hydrogen) atoms. The number of hydrogen-bond donors (Lipinski definition) is 8. The normalized spacial score (nSPS) is 41.5. The van der Waals surface area contributed by atoms with E-state index in [0.29, 0.717) is 0 Å². The average Bonchev–Trinajstić information content (AvgIpc) is 2.64. The summed E-state index contributed by atoms with van der Waals surface area (Å²) in [4.78, 5) is 22.6.